The Kier molecular flexibility index (Phi) is 3.84. The summed E-state index contributed by atoms with van der Waals surface area (Å²) in [5, 5.41) is 10.7. The minimum atomic E-state index is -0.495. The van der Waals surface area contributed by atoms with Gasteiger partial charge in [-0.1, -0.05) is 0 Å². The second-order valence-electron chi connectivity index (χ2n) is 4.48. The predicted octanol–water partition coefficient (Wildman–Crippen LogP) is 2.50. The Morgan fingerprint density at radius 1 is 1.40 bits per heavy atom. The largest absolute Gasteiger partial charge is 0.485 e. The second kappa shape index (κ2) is 5.56. The first-order valence-electron chi connectivity index (χ1n) is 6.00. The molecule has 0 aliphatic rings. The monoisotopic (exact) mass is 274 g/mol. The molecule has 2 aromatic rings. The Balaban J connectivity index is 2.09. The summed E-state index contributed by atoms with van der Waals surface area (Å²) in [6, 6.07) is 6.03. The SMILES string of the molecule is Cc1ccc([N+](=O)[O-])cc1OCC(=O)c1ccn(C)c1. The van der Waals surface area contributed by atoms with Gasteiger partial charge in [-0.3, -0.25) is 14.9 Å². The van der Waals surface area contributed by atoms with Crippen LogP contribution < -0.4 is 4.74 Å². The maximum absolute atomic E-state index is 11.9. The summed E-state index contributed by atoms with van der Waals surface area (Å²) in [5.74, 6) is 0.181. The van der Waals surface area contributed by atoms with Gasteiger partial charge in [0.1, 0.15) is 5.75 Å². The lowest BCUT2D eigenvalue weighted by Gasteiger charge is -2.07. The molecule has 0 saturated carbocycles. The average Bonchev–Trinajstić information content (AvgIpc) is 2.84. The summed E-state index contributed by atoms with van der Waals surface area (Å²) in [5.41, 5.74) is 1.24. The third kappa shape index (κ3) is 3.03. The molecule has 0 aliphatic carbocycles. The lowest BCUT2D eigenvalue weighted by atomic mass is 10.2. The van der Waals surface area contributed by atoms with Crippen molar-refractivity contribution >= 4 is 11.5 Å². The van der Waals surface area contributed by atoms with E-state index in [0.29, 0.717) is 11.3 Å². The normalized spacial score (nSPS) is 10.3. The Bertz CT molecular complexity index is 661. The second-order valence-corrected chi connectivity index (χ2v) is 4.48. The molecule has 2 rings (SSSR count). The van der Waals surface area contributed by atoms with Crippen LogP contribution in [0.15, 0.2) is 36.7 Å². The Morgan fingerprint density at radius 3 is 2.75 bits per heavy atom. The van der Waals surface area contributed by atoms with E-state index < -0.39 is 4.92 Å². The van der Waals surface area contributed by atoms with Gasteiger partial charge in [0.05, 0.1) is 11.0 Å². The zero-order valence-corrected chi connectivity index (χ0v) is 11.2. The first kappa shape index (κ1) is 13.8. The number of nitro benzene ring substituents is 1. The van der Waals surface area contributed by atoms with Crippen LogP contribution in [0.2, 0.25) is 0 Å². The van der Waals surface area contributed by atoms with Crippen molar-refractivity contribution in [3.63, 3.8) is 0 Å². The van der Waals surface area contributed by atoms with E-state index in [-0.39, 0.29) is 18.1 Å². The van der Waals surface area contributed by atoms with Crippen LogP contribution >= 0.6 is 0 Å². The number of benzene rings is 1. The molecule has 0 spiro atoms. The van der Waals surface area contributed by atoms with E-state index in [9.17, 15) is 14.9 Å². The number of rotatable bonds is 5. The highest BCUT2D eigenvalue weighted by Gasteiger charge is 2.12. The number of nitro groups is 1. The van der Waals surface area contributed by atoms with E-state index in [0.717, 1.165) is 5.56 Å². The summed E-state index contributed by atoms with van der Waals surface area (Å²) in [6.07, 6.45) is 3.47. The van der Waals surface area contributed by atoms with Crippen LogP contribution in [0, 0.1) is 17.0 Å². The van der Waals surface area contributed by atoms with Crippen LogP contribution in [0.5, 0.6) is 5.75 Å². The molecule has 0 bridgehead atoms. The summed E-state index contributed by atoms with van der Waals surface area (Å²) in [7, 11) is 1.82. The zero-order chi connectivity index (χ0) is 14.7. The van der Waals surface area contributed by atoms with E-state index in [1.54, 1.807) is 36.0 Å². The minimum Gasteiger partial charge on any atom is -0.485 e. The standard InChI is InChI=1S/C14H14N2O4/c1-10-3-4-12(16(18)19)7-14(10)20-9-13(17)11-5-6-15(2)8-11/h3-8H,9H2,1-2H3. The number of hydrogen-bond donors (Lipinski definition) is 0. The maximum Gasteiger partial charge on any atom is 0.273 e. The molecular formula is C14H14N2O4. The lowest BCUT2D eigenvalue weighted by Crippen LogP contribution is -2.11. The Morgan fingerprint density at radius 2 is 2.15 bits per heavy atom. The molecule has 0 unspecified atom stereocenters. The van der Waals surface area contributed by atoms with Crippen LogP contribution in [0.4, 0.5) is 5.69 Å². The molecule has 1 heterocycles. The van der Waals surface area contributed by atoms with Crippen molar-refractivity contribution in [1.29, 1.82) is 0 Å². The number of ketones is 1. The highest BCUT2D eigenvalue weighted by Crippen LogP contribution is 2.24. The molecule has 0 atom stereocenters. The number of Topliss-reactive ketones (excluding diaryl/α,β-unsaturated/α-hetero) is 1. The highest BCUT2D eigenvalue weighted by molar-refractivity contribution is 5.97. The molecule has 0 aliphatic heterocycles. The molecule has 20 heavy (non-hydrogen) atoms. The molecule has 0 amide bonds. The van der Waals surface area contributed by atoms with Gasteiger partial charge < -0.3 is 9.30 Å². The number of non-ortho nitro benzene ring substituents is 1. The van der Waals surface area contributed by atoms with Crippen LogP contribution in [0.3, 0.4) is 0 Å². The number of hydrogen-bond acceptors (Lipinski definition) is 4. The molecule has 0 fully saturated rings. The van der Waals surface area contributed by atoms with Crippen molar-refractivity contribution in [2.24, 2.45) is 7.05 Å². The molecule has 1 aromatic carbocycles. The average molecular weight is 274 g/mol. The summed E-state index contributed by atoms with van der Waals surface area (Å²) in [4.78, 5) is 22.1. The molecule has 6 heteroatoms. The van der Waals surface area contributed by atoms with Crippen LogP contribution in [0.1, 0.15) is 15.9 Å². The van der Waals surface area contributed by atoms with Crippen molar-refractivity contribution < 1.29 is 14.5 Å². The number of aryl methyl sites for hydroxylation is 2. The van der Waals surface area contributed by atoms with Gasteiger partial charge in [-0.2, -0.15) is 0 Å². The van der Waals surface area contributed by atoms with Gasteiger partial charge in [-0.15, -0.1) is 0 Å². The molecule has 1 aromatic heterocycles. The predicted molar refractivity (Wildman–Crippen MR) is 73.1 cm³/mol. The molecule has 6 nitrogen and oxygen atoms in total. The van der Waals surface area contributed by atoms with Gasteiger partial charge in [0.2, 0.25) is 5.78 Å². The number of carbonyl (C=O) groups is 1. The van der Waals surface area contributed by atoms with E-state index in [1.165, 1.54) is 12.1 Å². The maximum atomic E-state index is 11.9. The van der Waals surface area contributed by atoms with E-state index in [2.05, 4.69) is 0 Å². The molecule has 104 valence electrons. The quantitative estimate of drug-likeness (QED) is 0.477. The molecule has 0 radical (unpaired) electrons. The van der Waals surface area contributed by atoms with Gasteiger partial charge in [-0.25, -0.2) is 0 Å². The minimum absolute atomic E-state index is 0.0576. The smallest absolute Gasteiger partial charge is 0.273 e. The van der Waals surface area contributed by atoms with Crippen molar-refractivity contribution in [2.75, 3.05) is 6.61 Å². The molecular weight excluding hydrogens is 260 g/mol. The number of ether oxygens (including phenoxy) is 1. The molecule has 0 saturated heterocycles. The summed E-state index contributed by atoms with van der Waals surface area (Å²) >= 11 is 0. The fourth-order valence-corrected chi connectivity index (χ4v) is 1.75. The number of carbonyl (C=O) groups excluding carboxylic acids is 1. The number of aromatic nitrogens is 1. The fraction of sp³-hybridized carbons (Fsp3) is 0.214. The van der Waals surface area contributed by atoms with Gasteiger partial charge in [0.25, 0.3) is 5.69 Å². The Labute approximate surface area is 115 Å². The first-order valence-corrected chi connectivity index (χ1v) is 6.00. The van der Waals surface area contributed by atoms with E-state index in [4.69, 9.17) is 4.74 Å². The van der Waals surface area contributed by atoms with Gasteiger partial charge >= 0.3 is 0 Å². The van der Waals surface area contributed by atoms with Crippen LogP contribution in [-0.2, 0) is 7.05 Å². The van der Waals surface area contributed by atoms with Gasteiger partial charge in [0.15, 0.2) is 6.61 Å². The van der Waals surface area contributed by atoms with Crippen LogP contribution in [-0.4, -0.2) is 21.9 Å². The lowest BCUT2D eigenvalue weighted by molar-refractivity contribution is -0.384. The van der Waals surface area contributed by atoms with Crippen molar-refractivity contribution in [1.82, 2.24) is 4.57 Å². The first-order chi connectivity index (χ1) is 9.47. The topological polar surface area (TPSA) is 74.4 Å². The van der Waals surface area contributed by atoms with Crippen molar-refractivity contribution in [3.8, 4) is 5.75 Å². The van der Waals surface area contributed by atoms with E-state index >= 15 is 0 Å². The summed E-state index contributed by atoms with van der Waals surface area (Å²) in [6.45, 7) is 1.62. The third-order valence-corrected chi connectivity index (χ3v) is 2.90. The summed E-state index contributed by atoms with van der Waals surface area (Å²) < 4.78 is 7.16. The fourth-order valence-electron chi connectivity index (χ4n) is 1.75. The highest BCUT2D eigenvalue weighted by atomic mass is 16.6. The molecule has 0 N–H and O–H groups in total. The van der Waals surface area contributed by atoms with Crippen LogP contribution in [0.25, 0.3) is 0 Å². The Hall–Kier alpha value is -2.63. The van der Waals surface area contributed by atoms with E-state index in [1.807, 2.05) is 7.05 Å². The van der Waals surface area contributed by atoms with Gasteiger partial charge in [-0.05, 0) is 24.6 Å². The van der Waals surface area contributed by atoms with Crippen molar-refractivity contribution in [2.45, 2.75) is 6.92 Å². The third-order valence-electron chi connectivity index (χ3n) is 2.90. The number of nitrogens with zero attached hydrogens (tertiary/aromatic N) is 2. The van der Waals surface area contributed by atoms with Crippen molar-refractivity contribution in [3.05, 3.63) is 57.9 Å². The van der Waals surface area contributed by atoms with Gasteiger partial charge in [0, 0.05) is 31.1 Å². The zero-order valence-electron chi connectivity index (χ0n) is 11.2.